The zero-order valence-corrected chi connectivity index (χ0v) is 15.9. The maximum Gasteiger partial charge on any atom is 0.251 e. The number of halogens is 1. The molecule has 0 aliphatic carbocycles. The van der Waals surface area contributed by atoms with Crippen molar-refractivity contribution in [3.63, 3.8) is 0 Å². The van der Waals surface area contributed by atoms with Crippen LogP contribution in [0.15, 0.2) is 36.4 Å². The van der Waals surface area contributed by atoms with Gasteiger partial charge in [-0.15, -0.1) is 0 Å². The minimum Gasteiger partial charge on any atom is -0.493 e. The highest BCUT2D eigenvalue weighted by Crippen LogP contribution is 2.37. The Labute approximate surface area is 159 Å². The molecule has 1 aliphatic heterocycles. The van der Waals surface area contributed by atoms with Crippen LogP contribution in [0.25, 0.3) is 0 Å². The van der Waals surface area contributed by atoms with Crippen molar-refractivity contribution in [3.05, 3.63) is 58.9 Å². The molecular formula is C21H25FN2O3. The second-order valence-electron chi connectivity index (χ2n) is 6.52. The number of carbonyl (C=O) groups is 1. The van der Waals surface area contributed by atoms with Crippen LogP contribution in [0.2, 0.25) is 0 Å². The summed E-state index contributed by atoms with van der Waals surface area (Å²) < 4.78 is 23.9. The van der Waals surface area contributed by atoms with E-state index in [9.17, 15) is 9.18 Å². The lowest BCUT2D eigenvalue weighted by Crippen LogP contribution is -2.42. The fraction of sp³-hybridized carbons (Fsp3) is 0.381. The number of amides is 1. The number of hydrogen-bond acceptors (Lipinski definition) is 4. The first-order chi connectivity index (χ1) is 13.1. The minimum absolute atomic E-state index is 0.0444. The predicted molar refractivity (Wildman–Crippen MR) is 102 cm³/mol. The van der Waals surface area contributed by atoms with Crippen LogP contribution < -0.4 is 14.8 Å². The molecular weight excluding hydrogens is 347 g/mol. The summed E-state index contributed by atoms with van der Waals surface area (Å²) in [6.45, 7) is 4.37. The number of rotatable bonds is 6. The Bertz CT molecular complexity index is 808. The molecule has 0 aromatic heterocycles. The number of methoxy groups -OCH3 is 2. The monoisotopic (exact) mass is 372 g/mol. The van der Waals surface area contributed by atoms with Crippen molar-refractivity contribution in [2.75, 3.05) is 33.9 Å². The van der Waals surface area contributed by atoms with Gasteiger partial charge < -0.3 is 14.8 Å². The second-order valence-corrected chi connectivity index (χ2v) is 6.52. The number of hydrogen-bond donors (Lipinski definition) is 1. The molecule has 1 heterocycles. The van der Waals surface area contributed by atoms with Gasteiger partial charge in [-0.2, -0.15) is 0 Å². The molecule has 6 heteroatoms. The van der Waals surface area contributed by atoms with Crippen LogP contribution in [0.4, 0.5) is 4.39 Å². The molecule has 2 aromatic rings. The van der Waals surface area contributed by atoms with E-state index in [-0.39, 0.29) is 17.8 Å². The standard InChI is InChI=1S/C21H25FN2O3/c1-4-24-10-9-15-11-19(26-2)20(27-3)12-17(15)18(24)13-23-21(25)14-5-7-16(22)8-6-14/h5-8,11-12,18H,4,9-10,13H2,1-3H3,(H,23,25)/t18-/m0/s1. The van der Waals surface area contributed by atoms with Gasteiger partial charge in [0.2, 0.25) is 0 Å². The number of carbonyl (C=O) groups excluding carboxylic acids is 1. The SMILES string of the molecule is CCN1CCc2cc(OC)c(OC)cc2[C@@H]1CNC(=O)c1ccc(F)cc1. The van der Waals surface area contributed by atoms with E-state index < -0.39 is 0 Å². The maximum atomic E-state index is 13.1. The van der Waals surface area contributed by atoms with E-state index in [0.29, 0.717) is 17.9 Å². The van der Waals surface area contributed by atoms with E-state index in [1.54, 1.807) is 14.2 Å². The summed E-state index contributed by atoms with van der Waals surface area (Å²) in [5.41, 5.74) is 2.79. The van der Waals surface area contributed by atoms with E-state index in [1.807, 2.05) is 12.1 Å². The van der Waals surface area contributed by atoms with Crippen LogP contribution >= 0.6 is 0 Å². The topological polar surface area (TPSA) is 50.8 Å². The third-order valence-corrected chi connectivity index (χ3v) is 5.08. The first kappa shape index (κ1) is 19.2. The Morgan fingerprint density at radius 1 is 1.19 bits per heavy atom. The van der Waals surface area contributed by atoms with E-state index in [2.05, 4.69) is 17.1 Å². The van der Waals surface area contributed by atoms with Gasteiger partial charge in [0.1, 0.15) is 5.82 Å². The van der Waals surface area contributed by atoms with Gasteiger partial charge in [0.15, 0.2) is 11.5 Å². The zero-order valence-electron chi connectivity index (χ0n) is 15.9. The summed E-state index contributed by atoms with van der Waals surface area (Å²) in [7, 11) is 3.25. The average molecular weight is 372 g/mol. The number of nitrogens with zero attached hydrogens (tertiary/aromatic N) is 1. The van der Waals surface area contributed by atoms with E-state index in [0.717, 1.165) is 30.8 Å². The molecule has 0 spiro atoms. The summed E-state index contributed by atoms with van der Waals surface area (Å²) in [6, 6.07) is 9.64. The Hall–Kier alpha value is -2.60. The lowest BCUT2D eigenvalue weighted by molar-refractivity contribution is 0.0930. The van der Waals surface area contributed by atoms with E-state index >= 15 is 0 Å². The smallest absolute Gasteiger partial charge is 0.251 e. The predicted octanol–water partition coefficient (Wildman–Crippen LogP) is 3.19. The van der Waals surface area contributed by atoms with Crippen molar-refractivity contribution in [3.8, 4) is 11.5 Å². The van der Waals surface area contributed by atoms with Gasteiger partial charge in [-0.05, 0) is 60.5 Å². The van der Waals surface area contributed by atoms with Gasteiger partial charge >= 0.3 is 0 Å². The van der Waals surface area contributed by atoms with E-state index in [4.69, 9.17) is 9.47 Å². The van der Waals surface area contributed by atoms with Crippen LogP contribution in [0.1, 0.15) is 34.5 Å². The van der Waals surface area contributed by atoms with Gasteiger partial charge in [-0.3, -0.25) is 9.69 Å². The summed E-state index contributed by atoms with van der Waals surface area (Å²) in [5.74, 6) is 0.837. The highest BCUT2D eigenvalue weighted by Gasteiger charge is 2.28. The molecule has 3 rings (SSSR count). The number of likely N-dealkylation sites (N-methyl/N-ethyl adjacent to an activating group) is 1. The average Bonchev–Trinajstić information content (AvgIpc) is 2.70. The van der Waals surface area contributed by atoms with Crippen LogP contribution in [0, 0.1) is 5.82 Å². The third kappa shape index (κ3) is 4.06. The van der Waals surface area contributed by atoms with Crippen LogP contribution in [-0.2, 0) is 6.42 Å². The maximum absolute atomic E-state index is 13.1. The van der Waals surface area contributed by atoms with Gasteiger partial charge in [0.25, 0.3) is 5.91 Å². The molecule has 1 amide bonds. The Morgan fingerprint density at radius 3 is 2.48 bits per heavy atom. The van der Waals surface area contributed by atoms with Gasteiger partial charge in [-0.25, -0.2) is 4.39 Å². The second kappa shape index (κ2) is 8.39. The van der Waals surface area contributed by atoms with Crippen molar-refractivity contribution in [1.29, 1.82) is 0 Å². The Balaban J connectivity index is 1.83. The number of benzene rings is 2. The van der Waals surface area contributed by atoms with Crippen LogP contribution in [0.5, 0.6) is 11.5 Å². The number of nitrogens with one attached hydrogen (secondary N) is 1. The van der Waals surface area contributed by atoms with Crippen molar-refractivity contribution in [1.82, 2.24) is 10.2 Å². The first-order valence-electron chi connectivity index (χ1n) is 9.10. The summed E-state index contributed by atoms with van der Waals surface area (Å²) >= 11 is 0. The largest absolute Gasteiger partial charge is 0.493 e. The molecule has 1 atom stereocenters. The van der Waals surface area contributed by atoms with E-state index in [1.165, 1.54) is 29.8 Å². The lowest BCUT2D eigenvalue weighted by atomic mass is 9.91. The molecule has 0 saturated heterocycles. The molecule has 0 radical (unpaired) electrons. The fourth-order valence-corrected chi connectivity index (χ4v) is 3.59. The molecule has 0 saturated carbocycles. The molecule has 5 nitrogen and oxygen atoms in total. The summed E-state index contributed by atoms with van der Waals surface area (Å²) in [4.78, 5) is 14.8. The molecule has 1 aliphatic rings. The van der Waals surface area contributed by atoms with Crippen LogP contribution in [-0.4, -0.2) is 44.7 Å². The van der Waals surface area contributed by atoms with Gasteiger partial charge in [0, 0.05) is 18.7 Å². The van der Waals surface area contributed by atoms with Crippen molar-refractivity contribution in [2.24, 2.45) is 0 Å². The Kier molecular flexibility index (Phi) is 5.96. The zero-order chi connectivity index (χ0) is 19.4. The van der Waals surface area contributed by atoms with Crippen molar-refractivity contribution in [2.45, 2.75) is 19.4 Å². The van der Waals surface area contributed by atoms with Crippen molar-refractivity contribution < 1.29 is 18.7 Å². The van der Waals surface area contributed by atoms with Gasteiger partial charge in [-0.1, -0.05) is 6.92 Å². The Morgan fingerprint density at radius 2 is 1.85 bits per heavy atom. The normalized spacial score (nSPS) is 16.5. The molecule has 144 valence electrons. The lowest BCUT2D eigenvalue weighted by Gasteiger charge is -2.37. The first-order valence-corrected chi connectivity index (χ1v) is 9.10. The van der Waals surface area contributed by atoms with Gasteiger partial charge in [0.05, 0.1) is 20.3 Å². The number of ether oxygens (including phenoxy) is 2. The highest BCUT2D eigenvalue weighted by molar-refractivity contribution is 5.94. The molecule has 0 fully saturated rings. The molecule has 0 bridgehead atoms. The van der Waals surface area contributed by atoms with Crippen molar-refractivity contribution >= 4 is 5.91 Å². The summed E-state index contributed by atoms with van der Waals surface area (Å²) in [5, 5.41) is 2.98. The minimum atomic E-state index is -0.356. The molecule has 1 N–H and O–H groups in total. The van der Waals surface area contributed by atoms with Crippen LogP contribution in [0.3, 0.4) is 0 Å². The molecule has 0 unspecified atom stereocenters. The fourth-order valence-electron chi connectivity index (χ4n) is 3.59. The quantitative estimate of drug-likeness (QED) is 0.846. The molecule has 27 heavy (non-hydrogen) atoms. The third-order valence-electron chi connectivity index (χ3n) is 5.08. The number of fused-ring (bicyclic) bond motifs is 1. The molecule has 2 aromatic carbocycles. The summed E-state index contributed by atoms with van der Waals surface area (Å²) in [6.07, 6.45) is 0.923. The highest BCUT2D eigenvalue weighted by atomic mass is 19.1.